The summed E-state index contributed by atoms with van der Waals surface area (Å²) in [7, 11) is -0.929. The predicted octanol–water partition coefficient (Wildman–Crippen LogP) is 1.51. The topological polar surface area (TPSA) is 87.7 Å². The van der Waals surface area contributed by atoms with E-state index in [-0.39, 0.29) is 11.5 Å². The SMILES string of the molecule is CCCOC(=O)N1CCC2(C1)CC1(C2)OB(O)c2cnc3[nH]ccc3c21. The van der Waals surface area contributed by atoms with Crippen molar-refractivity contribution in [1.29, 1.82) is 0 Å². The number of hydrogen-bond donors (Lipinski definition) is 2. The molecule has 2 aliphatic heterocycles. The van der Waals surface area contributed by atoms with E-state index in [1.165, 1.54) is 0 Å². The van der Waals surface area contributed by atoms with Crippen LogP contribution in [0.15, 0.2) is 18.5 Å². The van der Waals surface area contributed by atoms with Crippen LogP contribution in [0.1, 0.15) is 38.2 Å². The molecule has 2 aromatic heterocycles. The molecule has 0 atom stereocenters. The molecule has 1 aliphatic carbocycles. The van der Waals surface area contributed by atoms with Crippen LogP contribution in [0.5, 0.6) is 0 Å². The van der Waals surface area contributed by atoms with E-state index in [9.17, 15) is 9.82 Å². The number of aromatic nitrogens is 2. The van der Waals surface area contributed by atoms with Gasteiger partial charge >= 0.3 is 13.2 Å². The number of carbonyl (C=O) groups excluding carboxylic acids is 1. The molecular formula is C18H22BN3O4. The van der Waals surface area contributed by atoms with Crippen molar-refractivity contribution in [2.45, 2.75) is 38.2 Å². The number of amides is 1. The highest BCUT2D eigenvalue weighted by molar-refractivity contribution is 6.62. The molecular weight excluding hydrogens is 333 g/mol. The van der Waals surface area contributed by atoms with E-state index in [0.717, 1.165) is 54.3 Å². The van der Waals surface area contributed by atoms with Crippen molar-refractivity contribution in [3.8, 4) is 0 Å². The van der Waals surface area contributed by atoms with Crippen LogP contribution in [0.2, 0.25) is 0 Å². The molecule has 5 rings (SSSR count). The maximum atomic E-state index is 12.2. The zero-order chi connectivity index (χ0) is 17.9. The minimum absolute atomic E-state index is 0.0540. The monoisotopic (exact) mass is 355 g/mol. The smallest absolute Gasteiger partial charge is 0.449 e. The number of nitrogens with one attached hydrogen (secondary N) is 1. The van der Waals surface area contributed by atoms with Crippen molar-refractivity contribution in [1.82, 2.24) is 14.9 Å². The van der Waals surface area contributed by atoms with Crippen molar-refractivity contribution in [2.24, 2.45) is 5.41 Å². The second kappa shape index (κ2) is 5.47. The van der Waals surface area contributed by atoms with Crippen molar-refractivity contribution in [2.75, 3.05) is 19.7 Å². The summed E-state index contributed by atoms with van der Waals surface area (Å²) in [5.74, 6) is 0. The summed E-state index contributed by atoms with van der Waals surface area (Å²) in [6.07, 6.45) is 6.77. The fourth-order valence-corrected chi connectivity index (χ4v) is 5.14. The van der Waals surface area contributed by atoms with E-state index in [0.29, 0.717) is 13.2 Å². The van der Waals surface area contributed by atoms with Gasteiger partial charge in [-0.1, -0.05) is 6.92 Å². The number of pyridine rings is 1. The molecule has 2 N–H and O–H groups in total. The van der Waals surface area contributed by atoms with E-state index in [4.69, 9.17) is 9.39 Å². The lowest BCUT2D eigenvalue weighted by molar-refractivity contribution is -0.110. The zero-order valence-corrected chi connectivity index (χ0v) is 14.8. The highest BCUT2D eigenvalue weighted by Gasteiger charge is 2.64. The molecule has 0 aromatic carbocycles. The number of likely N-dealkylation sites (tertiary alicyclic amines) is 1. The largest absolute Gasteiger partial charge is 0.493 e. The highest BCUT2D eigenvalue weighted by atomic mass is 16.6. The molecule has 0 bridgehead atoms. The van der Waals surface area contributed by atoms with Crippen molar-refractivity contribution in [3.63, 3.8) is 0 Å². The number of H-pyrrole nitrogens is 1. The molecule has 2 aromatic rings. The van der Waals surface area contributed by atoms with E-state index in [1.807, 2.05) is 24.1 Å². The van der Waals surface area contributed by atoms with E-state index in [1.54, 1.807) is 6.20 Å². The Hall–Kier alpha value is -2.06. The van der Waals surface area contributed by atoms with Gasteiger partial charge in [0.2, 0.25) is 0 Å². The molecule has 2 fully saturated rings. The molecule has 1 saturated carbocycles. The summed E-state index contributed by atoms with van der Waals surface area (Å²) in [4.78, 5) is 21.5. The normalized spacial score (nSPS) is 29.6. The number of rotatable bonds is 2. The quantitative estimate of drug-likeness (QED) is 0.798. The molecule has 0 radical (unpaired) electrons. The number of aromatic amines is 1. The van der Waals surface area contributed by atoms with Gasteiger partial charge in [0.25, 0.3) is 0 Å². The van der Waals surface area contributed by atoms with Crippen LogP contribution in [-0.4, -0.2) is 52.8 Å². The Labute approximate surface area is 151 Å². The molecule has 26 heavy (non-hydrogen) atoms. The van der Waals surface area contributed by atoms with Crippen molar-refractivity contribution in [3.05, 3.63) is 24.0 Å². The van der Waals surface area contributed by atoms with Gasteiger partial charge in [0.05, 0.1) is 12.2 Å². The minimum atomic E-state index is -0.929. The van der Waals surface area contributed by atoms with Crippen LogP contribution >= 0.6 is 0 Å². The number of nitrogens with zero attached hydrogens (tertiary/aromatic N) is 2. The van der Waals surface area contributed by atoms with Gasteiger partial charge in [0.1, 0.15) is 5.65 Å². The molecule has 1 amide bonds. The Bertz CT molecular complexity index is 876. The third-order valence-electron chi connectivity index (χ3n) is 6.12. The van der Waals surface area contributed by atoms with Crippen molar-refractivity contribution < 1.29 is 19.2 Å². The summed E-state index contributed by atoms with van der Waals surface area (Å²) in [6.45, 7) is 3.88. The third-order valence-corrected chi connectivity index (χ3v) is 6.12. The van der Waals surface area contributed by atoms with Gasteiger partial charge < -0.3 is 24.3 Å². The second-order valence-corrected chi connectivity index (χ2v) is 7.93. The van der Waals surface area contributed by atoms with E-state index in [2.05, 4.69) is 9.97 Å². The average molecular weight is 355 g/mol. The first-order valence-corrected chi connectivity index (χ1v) is 9.30. The zero-order valence-electron chi connectivity index (χ0n) is 14.8. The summed E-state index contributed by atoms with van der Waals surface area (Å²) < 4.78 is 11.3. The molecule has 7 nitrogen and oxygen atoms in total. The van der Waals surface area contributed by atoms with E-state index >= 15 is 0 Å². The van der Waals surface area contributed by atoms with Gasteiger partial charge in [0.15, 0.2) is 0 Å². The van der Waals surface area contributed by atoms with Crippen LogP contribution < -0.4 is 5.46 Å². The van der Waals surface area contributed by atoms with Crippen LogP contribution in [0, 0.1) is 5.41 Å². The summed E-state index contributed by atoms with van der Waals surface area (Å²) in [6, 6.07) is 2.00. The van der Waals surface area contributed by atoms with E-state index < -0.39 is 12.7 Å². The van der Waals surface area contributed by atoms with Gasteiger partial charge in [-0.2, -0.15) is 0 Å². The Kier molecular flexibility index (Phi) is 3.40. The Morgan fingerprint density at radius 2 is 2.38 bits per heavy atom. The van der Waals surface area contributed by atoms with Crippen LogP contribution in [0.25, 0.3) is 11.0 Å². The lowest BCUT2D eigenvalue weighted by atomic mass is 9.56. The summed E-state index contributed by atoms with van der Waals surface area (Å²) in [5.41, 5.74) is 2.23. The first kappa shape index (κ1) is 16.1. The average Bonchev–Trinajstić information content (AvgIpc) is 3.30. The fraction of sp³-hybridized carbons (Fsp3) is 0.556. The first-order valence-electron chi connectivity index (χ1n) is 9.30. The maximum Gasteiger partial charge on any atom is 0.493 e. The highest BCUT2D eigenvalue weighted by Crippen LogP contribution is 2.62. The molecule has 4 heterocycles. The van der Waals surface area contributed by atoms with Crippen molar-refractivity contribution >= 4 is 29.7 Å². The maximum absolute atomic E-state index is 12.2. The molecule has 2 spiro atoms. The number of ether oxygens (including phenoxy) is 1. The van der Waals surface area contributed by atoms with Gasteiger partial charge in [-0.3, -0.25) is 0 Å². The second-order valence-electron chi connectivity index (χ2n) is 7.93. The van der Waals surface area contributed by atoms with Gasteiger partial charge in [-0.05, 0) is 42.7 Å². The van der Waals surface area contributed by atoms with Gasteiger partial charge in [-0.15, -0.1) is 0 Å². The van der Waals surface area contributed by atoms with Crippen LogP contribution in [-0.2, 0) is 15.0 Å². The molecule has 1 saturated heterocycles. The molecule has 8 heteroatoms. The lowest BCUT2D eigenvalue weighted by Gasteiger charge is -2.53. The van der Waals surface area contributed by atoms with Crippen LogP contribution in [0.3, 0.4) is 0 Å². The first-order chi connectivity index (χ1) is 12.6. The number of fused-ring (bicyclic) bond motifs is 4. The number of carbonyl (C=O) groups is 1. The third kappa shape index (κ3) is 2.15. The standard InChI is InChI=1S/C18H22BN3O4/c1-2-7-25-16(23)22-6-4-17(11-22)9-18(10-17)14-12-3-5-20-15(12)21-8-13(14)19(24)26-18/h3,5,8,24H,2,4,6-7,9-11H2,1H3,(H,20,21). The Balaban J connectivity index is 1.39. The fourth-order valence-electron chi connectivity index (χ4n) is 5.14. The summed E-state index contributed by atoms with van der Waals surface area (Å²) >= 11 is 0. The minimum Gasteiger partial charge on any atom is -0.449 e. The Morgan fingerprint density at radius 1 is 1.54 bits per heavy atom. The Morgan fingerprint density at radius 3 is 3.19 bits per heavy atom. The van der Waals surface area contributed by atoms with Gasteiger partial charge in [0, 0.05) is 36.3 Å². The number of hydrogen-bond acceptors (Lipinski definition) is 5. The van der Waals surface area contributed by atoms with Crippen LogP contribution in [0.4, 0.5) is 4.79 Å². The lowest BCUT2D eigenvalue weighted by Crippen LogP contribution is -2.52. The summed E-state index contributed by atoms with van der Waals surface area (Å²) in [5, 5.41) is 11.4. The molecule has 136 valence electrons. The molecule has 0 unspecified atom stereocenters. The molecule has 3 aliphatic rings. The van der Waals surface area contributed by atoms with Gasteiger partial charge in [-0.25, -0.2) is 9.78 Å². The predicted molar refractivity (Wildman–Crippen MR) is 96.0 cm³/mol.